The van der Waals surface area contributed by atoms with Crippen LogP contribution in [0.25, 0.3) is 0 Å². The van der Waals surface area contributed by atoms with E-state index in [1.807, 2.05) is 0 Å². The van der Waals surface area contributed by atoms with Crippen LogP contribution in [0.1, 0.15) is 40.5 Å². The molecule has 0 aromatic carbocycles. The van der Waals surface area contributed by atoms with Crippen LogP contribution in [0, 0.1) is 17.8 Å². The van der Waals surface area contributed by atoms with Crippen LogP contribution in [0.3, 0.4) is 0 Å². The Morgan fingerprint density at radius 3 is 2.00 bits per heavy atom. The first-order valence-electron chi connectivity index (χ1n) is 5.82. The normalized spacial score (nSPS) is 21.7. The van der Waals surface area contributed by atoms with E-state index >= 15 is 0 Å². The molecule has 1 heterocycles. The van der Waals surface area contributed by atoms with Crippen molar-refractivity contribution in [3.8, 4) is 0 Å². The lowest BCUT2D eigenvalue weighted by Crippen LogP contribution is -2.37. The van der Waals surface area contributed by atoms with Gasteiger partial charge in [0.15, 0.2) is 0 Å². The molecule has 0 bridgehead atoms. The third-order valence-electron chi connectivity index (χ3n) is 3.20. The summed E-state index contributed by atoms with van der Waals surface area (Å²) in [5.74, 6) is 2.71. The van der Waals surface area contributed by atoms with E-state index in [-0.39, 0.29) is 0 Å². The van der Waals surface area contributed by atoms with Gasteiger partial charge in [0, 0.05) is 6.54 Å². The molecular weight excluding hydrogens is 158 g/mol. The number of rotatable bonds is 3. The van der Waals surface area contributed by atoms with Crippen molar-refractivity contribution >= 4 is 0 Å². The lowest BCUT2D eigenvalue weighted by Gasteiger charge is -2.34. The molecule has 1 nitrogen and oxygen atoms in total. The molecule has 0 spiro atoms. The molecule has 1 saturated heterocycles. The van der Waals surface area contributed by atoms with Gasteiger partial charge in [-0.15, -0.1) is 0 Å². The summed E-state index contributed by atoms with van der Waals surface area (Å²) in [6.45, 7) is 13.3. The van der Waals surface area contributed by atoms with Crippen molar-refractivity contribution in [2.75, 3.05) is 19.6 Å². The SMILES string of the molecule is CC(C)CN1CCC(C(C)C)CC1. The monoisotopic (exact) mass is 183 g/mol. The summed E-state index contributed by atoms with van der Waals surface area (Å²) in [5.41, 5.74) is 0. The zero-order valence-corrected chi connectivity index (χ0v) is 9.71. The first kappa shape index (κ1) is 11.0. The quantitative estimate of drug-likeness (QED) is 0.650. The number of nitrogens with zero attached hydrogens (tertiary/aromatic N) is 1. The number of piperidine rings is 1. The van der Waals surface area contributed by atoms with Gasteiger partial charge in [-0.05, 0) is 43.7 Å². The second-order valence-corrected chi connectivity index (χ2v) is 5.28. The van der Waals surface area contributed by atoms with Crippen LogP contribution in [-0.4, -0.2) is 24.5 Å². The minimum Gasteiger partial charge on any atom is -0.303 e. The summed E-state index contributed by atoms with van der Waals surface area (Å²) in [6, 6.07) is 0. The molecule has 1 aliphatic heterocycles. The van der Waals surface area contributed by atoms with Gasteiger partial charge in [0.05, 0.1) is 0 Å². The Hall–Kier alpha value is -0.0400. The average molecular weight is 183 g/mol. The maximum absolute atomic E-state index is 2.63. The minimum absolute atomic E-state index is 0.829. The number of likely N-dealkylation sites (tertiary alicyclic amines) is 1. The Bertz CT molecular complexity index is 132. The van der Waals surface area contributed by atoms with Crippen LogP contribution in [0.4, 0.5) is 0 Å². The third kappa shape index (κ3) is 3.68. The molecule has 0 aromatic heterocycles. The van der Waals surface area contributed by atoms with Gasteiger partial charge in [0.25, 0.3) is 0 Å². The van der Waals surface area contributed by atoms with Gasteiger partial charge in [-0.25, -0.2) is 0 Å². The van der Waals surface area contributed by atoms with Crippen LogP contribution in [-0.2, 0) is 0 Å². The predicted molar refractivity (Wildman–Crippen MR) is 58.8 cm³/mol. The van der Waals surface area contributed by atoms with Gasteiger partial charge in [-0.1, -0.05) is 27.7 Å². The topological polar surface area (TPSA) is 3.24 Å². The molecule has 0 N–H and O–H groups in total. The summed E-state index contributed by atoms with van der Waals surface area (Å²) in [7, 11) is 0. The van der Waals surface area contributed by atoms with E-state index in [0.717, 1.165) is 17.8 Å². The van der Waals surface area contributed by atoms with E-state index in [4.69, 9.17) is 0 Å². The lowest BCUT2D eigenvalue weighted by atomic mass is 9.86. The average Bonchev–Trinajstić information content (AvgIpc) is 2.04. The third-order valence-corrected chi connectivity index (χ3v) is 3.20. The van der Waals surface area contributed by atoms with Gasteiger partial charge >= 0.3 is 0 Å². The van der Waals surface area contributed by atoms with E-state index in [2.05, 4.69) is 32.6 Å². The van der Waals surface area contributed by atoms with Gasteiger partial charge in [0.2, 0.25) is 0 Å². The van der Waals surface area contributed by atoms with E-state index < -0.39 is 0 Å². The molecule has 1 fully saturated rings. The Kier molecular flexibility index (Phi) is 4.24. The van der Waals surface area contributed by atoms with Crippen molar-refractivity contribution < 1.29 is 0 Å². The summed E-state index contributed by atoms with van der Waals surface area (Å²) in [6.07, 6.45) is 2.84. The van der Waals surface area contributed by atoms with Crippen LogP contribution in [0.5, 0.6) is 0 Å². The summed E-state index contributed by atoms with van der Waals surface area (Å²) in [5, 5.41) is 0. The molecule has 0 aliphatic carbocycles. The zero-order chi connectivity index (χ0) is 9.84. The highest BCUT2D eigenvalue weighted by atomic mass is 15.1. The maximum Gasteiger partial charge on any atom is 0.000439 e. The van der Waals surface area contributed by atoms with Gasteiger partial charge in [-0.3, -0.25) is 0 Å². The van der Waals surface area contributed by atoms with Crippen LogP contribution >= 0.6 is 0 Å². The largest absolute Gasteiger partial charge is 0.303 e. The van der Waals surface area contributed by atoms with Crippen molar-refractivity contribution in [3.63, 3.8) is 0 Å². The second-order valence-electron chi connectivity index (χ2n) is 5.28. The maximum atomic E-state index is 2.63. The predicted octanol–water partition coefficient (Wildman–Crippen LogP) is 3.01. The molecule has 1 aliphatic rings. The van der Waals surface area contributed by atoms with Crippen molar-refractivity contribution in [1.29, 1.82) is 0 Å². The Balaban J connectivity index is 2.22. The fraction of sp³-hybridized carbons (Fsp3) is 1.00. The smallest absolute Gasteiger partial charge is 0.000439 e. The summed E-state index contributed by atoms with van der Waals surface area (Å²) >= 11 is 0. The first-order chi connectivity index (χ1) is 6.09. The second kappa shape index (κ2) is 4.99. The van der Waals surface area contributed by atoms with Crippen molar-refractivity contribution in [2.45, 2.75) is 40.5 Å². The highest BCUT2D eigenvalue weighted by Gasteiger charge is 2.21. The molecular formula is C12H25N. The first-order valence-corrected chi connectivity index (χ1v) is 5.82. The minimum atomic E-state index is 0.829. The van der Waals surface area contributed by atoms with E-state index in [1.165, 1.54) is 32.5 Å². The Morgan fingerprint density at radius 2 is 1.62 bits per heavy atom. The highest BCUT2D eigenvalue weighted by Crippen LogP contribution is 2.24. The van der Waals surface area contributed by atoms with Crippen LogP contribution < -0.4 is 0 Å². The zero-order valence-electron chi connectivity index (χ0n) is 9.71. The van der Waals surface area contributed by atoms with Gasteiger partial charge < -0.3 is 4.90 Å². The van der Waals surface area contributed by atoms with Crippen LogP contribution in [0.15, 0.2) is 0 Å². The molecule has 0 aromatic rings. The molecule has 0 unspecified atom stereocenters. The van der Waals surface area contributed by atoms with Crippen molar-refractivity contribution in [1.82, 2.24) is 4.90 Å². The number of hydrogen-bond acceptors (Lipinski definition) is 1. The molecule has 0 saturated carbocycles. The molecule has 0 radical (unpaired) electrons. The van der Waals surface area contributed by atoms with E-state index in [1.54, 1.807) is 0 Å². The summed E-state index contributed by atoms with van der Waals surface area (Å²) in [4.78, 5) is 2.63. The fourth-order valence-corrected chi connectivity index (χ4v) is 2.32. The fourth-order valence-electron chi connectivity index (χ4n) is 2.32. The molecule has 0 atom stereocenters. The van der Waals surface area contributed by atoms with Crippen molar-refractivity contribution in [2.24, 2.45) is 17.8 Å². The highest BCUT2D eigenvalue weighted by molar-refractivity contribution is 4.74. The van der Waals surface area contributed by atoms with Gasteiger partial charge in [-0.2, -0.15) is 0 Å². The van der Waals surface area contributed by atoms with Crippen molar-refractivity contribution in [3.05, 3.63) is 0 Å². The van der Waals surface area contributed by atoms with E-state index in [9.17, 15) is 0 Å². The molecule has 1 heteroatoms. The molecule has 0 amide bonds. The number of hydrogen-bond donors (Lipinski definition) is 0. The standard InChI is InChI=1S/C12H25N/c1-10(2)9-13-7-5-12(6-8-13)11(3)4/h10-12H,5-9H2,1-4H3. The Labute approximate surface area is 83.5 Å². The Morgan fingerprint density at radius 1 is 1.08 bits per heavy atom. The summed E-state index contributed by atoms with van der Waals surface area (Å²) < 4.78 is 0. The molecule has 13 heavy (non-hydrogen) atoms. The van der Waals surface area contributed by atoms with Gasteiger partial charge in [0.1, 0.15) is 0 Å². The van der Waals surface area contributed by atoms with E-state index in [0.29, 0.717) is 0 Å². The molecule has 1 rings (SSSR count). The molecule has 78 valence electrons. The van der Waals surface area contributed by atoms with Crippen LogP contribution in [0.2, 0.25) is 0 Å². The lowest BCUT2D eigenvalue weighted by molar-refractivity contribution is 0.145.